The van der Waals surface area contributed by atoms with Gasteiger partial charge in [-0.3, -0.25) is 9.69 Å². The van der Waals surface area contributed by atoms with Crippen LogP contribution in [0.2, 0.25) is 0 Å². The van der Waals surface area contributed by atoms with Crippen LogP contribution in [0, 0.1) is 5.92 Å². The molecule has 0 saturated carbocycles. The fourth-order valence-electron chi connectivity index (χ4n) is 1.46. The molecule has 0 aromatic heterocycles. The number of carbonyl (C=O) groups excluding carboxylic acids is 1. The van der Waals surface area contributed by atoms with Crippen LogP contribution in [0.5, 0.6) is 0 Å². The maximum absolute atomic E-state index is 12.1. The first-order valence-corrected chi connectivity index (χ1v) is 6.26. The number of carboxylic acids is 1. The minimum Gasteiger partial charge on any atom is -0.480 e. The van der Waals surface area contributed by atoms with Gasteiger partial charge in [0.05, 0.1) is 0 Å². The summed E-state index contributed by atoms with van der Waals surface area (Å²) in [5.41, 5.74) is 0.568. The van der Waals surface area contributed by atoms with E-state index >= 15 is 0 Å². The topological polar surface area (TPSA) is 69.6 Å². The van der Waals surface area contributed by atoms with Crippen molar-refractivity contribution in [1.29, 1.82) is 0 Å². The fourth-order valence-corrected chi connectivity index (χ4v) is 1.46. The number of aliphatic carboxylic acids is 1. The van der Waals surface area contributed by atoms with Gasteiger partial charge in [-0.25, -0.2) is 4.79 Å². The summed E-state index contributed by atoms with van der Waals surface area (Å²) in [5, 5.41) is 11.7. The molecule has 1 atom stereocenters. The Morgan fingerprint density at radius 2 is 1.79 bits per heavy atom. The lowest BCUT2D eigenvalue weighted by Crippen LogP contribution is -2.47. The van der Waals surface area contributed by atoms with Crippen molar-refractivity contribution < 1.29 is 14.7 Å². The Morgan fingerprint density at radius 1 is 1.21 bits per heavy atom. The van der Waals surface area contributed by atoms with Crippen LogP contribution in [0.15, 0.2) is 30.3 Å². The molecule has 5 heteroatoms. The van der Waals surface area contributed by atoms with Crippen molar-refractivity contribution in [2.75, 3.05) is 11.4 Å². The molecule has 1 aromatic rings. The summed E-state index contributed by atoms with van der Waals surface area (Å²) in [5.74, 6) is -0.761. The SMILES string of the molecule is CC(C)C(C)NC(=O)N(CC(=O)O)c1ccccc1. The van der Waals surface area contributed by atoms with E-state index < -0.39 is 12.0 Å². The van der Waals surface area contributed by atoms with Crippen LogP contribution in [-0.4, -0.2) is 29.7 Å². The molecule has 0 fully saturated rings. The molecule has 0 aliphatic carbocycles. The largest absolute Gasteiger partial charge is 0.480 e. The second-order valence-corrected chi connectivity index (χ2v) is 4.80. The summed E-state index contributed by atoms with van der Waals surface area (Å²) in [7, 11) is 0. The molecule has 0 bridgehead atoms. The Balaban J connectivity index is 2.86. The number of hydrogen-bond donors (Lipinski definition) is 2. The molecule has 0 spiro atoms. The van der Waals surface area contributed by atoms with Crippen LogP contribution < -0.4 is 10.2 Å². The lowest BCUT2D eigenvalue weighted by molar-refractivity contribution is -0.135. The minimum absolute atomic E-state index is 0.0208. The first-order valence-electron chi connectivity index (χ1n) is 6.26. The summed E-state index contributed by atoms with van der Waals surface area (Å²) in [6, 6.07) is 8.36. The van der Waals surface area contributed by atoms with Gasteiger partial charge in [0.1, 0.15) is 6.54 Å². The number of rotatable bonds is 5. The number of nitrogens with zero attached hydrogens (tertiary/aromatic N) is 1. The molecule has 0 radical (unpaired) electrons. The Bertz CT molecular complexity index is 432. The predicted molar refractivity (Wildman–Crippen MR) is 74.3 cm³/mol. The van der Waals surface area contributed by atoms with Crippen LogP contribution in [0.3, 0.4) is 0 Å². The van der Waals surface area contributed by atoms with E-state index in [0.29, 0.717) is 5.69 Å². The lowest BCUT2D eigenvalue weighted by atomic mass is 10.1. The Hall–Kier alpha value is -2.04. The van der Waals surface area contributed by atoms with Gasteiger partial charge < -0.3 is 10.4 Å². The maximum Gasteiger partial charge on any atom is 0.323 e. The van der Waals surface area contributed by atoms with E-state index in [9.17, 15) is 9.59 Å². The van der Waals surface area contributed by atoms with Gasteiger partial charge in [0, 0.05) is 11.7 Å². The Morgan fingerprint density at radius 3 is 2.26 bits per heavy atom. The monoisotopic (exact) mass is 264 g/mol. The number of amides is 2. The highest BCUT2D eigenvalue weighted by molar-refractivity contribution is 5.96. The van der Waals surface area contributed by atoms with Crippen molar-refractivity contribution in [2.24, 2.45) is 5.92 Å². The molecule has 0 aliphatic heterocycles. The van der Waals surface area contributed by atoms with E-state index in [1.165, 1.54) is 4.90 Å². The third-order valence-corrected chi connectivity index (χ3v) is 2.96. The highest BCUT2D eigenvalue weighted by Gasteiger charge is 2.20. The number of carboxylic acid groups (broad SMARTS) is 1. The fraction of sp³-hybridized carbons (Fsp3) is 0.429. The average molecular weight is 264 g/mol. The van der Waals surface area contributed by atoms with E-state index in [1.54, 1.807) is 24.3 Å². The van der Waals surface area contributed by atoms with Crippen molar-refractivity contribution in [3.05, 3.63) is 30.3 Å². The molecule has 104 valence electrons. The van der Waals surface area contributed by atoms with Gasteiger partial charge >= 0.3 is 12.0 Å². The molecular formula is C14H20N2O3. The Labute approximate surface area is 113 Å². The zero-order valence-corrected chi connectivity index (χ0v) is 11.5. The minimum atomic E-state index is -1.05. The molecular weight excluding hydrogens is 244 g/mol. The number of urea groups is 1. The van der Waals surface area contributed by atoms with Crippen molar-refractivity contribution in [3.8, 4) is 0 Å². The summed E-state index contributed by atoms with van der Waals surface area (Å²) in [6.45, 7) is 5.52. The van der Waals surface area contributed by atoms with Crippen molar-refractivity contribution in [2.45, 2.75) is 26.8 Å². The second-order valence-electron chi connectivity index (χ2n) is 4.80. The van der Waals surface area contributed by atoms with Crippen LogP contribution in [0.1, 0.15) is 20.8 Å². The standard InChI is InChI=1S/C14H20N2O3/c1-10(2)11(3)15-14(19)16(9-13(17)18)12-7-5-4-6-8-12/h4-8,10-11H,9H2,1-3H3,(H,15,19)(H,17,18). The Kier molecular flexibility index (Phi) is 5.36. The molecule has 0 aliphatic rings. The number of carbonyl (C=O) groups is 2. The quantitative estimate of drug-likeness (QED) is 0.857. The first kappa shape index (κ1) is 15.0. The van der Waals surface area contributed by atoms with Gasteiger partial charge in [-0.2, -0.15) is 0 Å². The number of anilines is 1. The molecule has 0 heterocycles. The molecule has 1 unspecified atom stereocenters. The van der Waals surface area contributed by atoms with Gasteiger partial charge in [-0.15, -0.1) is 0 Å². The van der Waals surface area contributed by atoms with Crippen molar-refractivity contribution in [3.63, 3.8) is 0 Å². The van der Waals surface area contributed by atoms with E-state index in [-0.39, 0.29) is 18.5 Å². The van der Waals surface area contributed by atoms with Gasteiger partial charge in [0.25, 0.3) is 0 Å². The summed E-state index contributed by atoms with van der Waals surface area (Å²) in [6.07, 6.45) is 0. The van der Waals surface area contributed by atoms with Crippen LogP contribution in [0.4, 0.5) is 10.5 Å². The number of nitrogens with one attached hydrogen (secondary N) is 1. The molecule has 0 saturated heterocycles. The average Bonchev–Trinajstić information content (AvgIpc) is 2.36. The zero-order chi connectivity index (χ0) is 14.4. The summed E-state index contributed by atoms with van der Waals surface area (Å²) in [4.78, 5) is 24.3. The molecule has 2 amide bonds. The highest BCUT2D eigenvalue weighted by atomic mass is 16.4. The van der Waals surface area contributed by atoms with Gasteiger partial charge in [-0.05, 0) is 25.0 Å². The first-order chi connectivity index (χ1) is 8.91. The molecule has 2 N–H and O–H groups in total. The van der Waals surface area contributed by atoms with E-state index in [2.05, 4.69) is 5.32 Å². The highest BCUT2D eigenvalue weighted by Crippen LogP contribution is 2.13. The normalized spacial score (nSPS) is 12.0. The third-order valence-electron chi connectivity index (χ3n) is 2.96. The predicted octanol–water partition coefficient (Wildman–Crippen LogP) is 2.33. The summed E-state index contributed by atoms with van der Waals surface area (Å²) >= 11 is 0. The zero-order valence-electron chi connectivity index (χ0n) is 11.5. The number of para-hydroxylation sites is 1. The van der Waals surface area contributed by atoms with E-state index in [4.69, 9.17) is 5.11 Å². The molecule has 1 rings (SSSR count). The van der Waals surface area contributed by atoms with Gasteiger partial charge in [0.15, 0.2) is 0 Å². The lowest BCUT2D eigenvalue weighted by Gasteiger charge is -2.25. The van der Waals surface area contributed by atoms with Crippen molar-refractivity contribution in [1.82, 2.24) is 5.32 Å². The van der Waals surface area contributed by atoms with Crippen LogP contribution >= 0.6 is 0 Å². The van der Waals surface area contributed by atoms with Gasteiger partial charge in [0.2, 0.25) is 0 Å². The van der Waals surface area contributed by atoms with Crippen molar-refractivity contribution >= 4 is 17.7 Å². The van der Waals surface area contributed by atoms with Crippen LogP contribution in [0.25, 0.3) is 0 Å². The number of benzene rings is 1. The van der Waals surface area contributed by atoms with Crippen LogP contribution in [-0.2, 0) is 4.79 Å². The van der Waals surface area contributed by atoms with E-state index in [1.807, 2.05) is 26.8 Å². The molecule has 5 nitrogen and oxygen atoms in total. The smallest absolute Gasteiger partial charge is 0.323 e. The third kappa shape index (κ3) is 4.62. The van der Waals surface area contributed by atoms with E-state index in [0.717, 1.165) is 0 Å². The molecule has 19 heavy (non-hydrogen) atoms. The summed E-state index contributed by atoms with van der Waals surface area (Å²) < 4.78 is 0. The second kappa shape index (κ2) is 6.78. The number of hydrogen-bond acceptors (Lipinski definition) is 2. The van der Waals surface area contributed by atoms with Gasteiger partial charge in [-0.1, -0.05) is 32.0 Å². The maximum atomic E-state index is 12.1. The molecule has 1 aromatic carbocycles.